The van der Waals surface area contributed by atoms with Gasteiger partial charge in [0.2, 0.25) is 0 Å². The van der Waals surface area contributed by atoms with E-state index in [4.69, 9.17) is 9.72 Å². The first kappa shape index (κ1) is 18.7. The molecule has 1 N–H and O–H groups in total. The Hall–Kier alpha value is -3.32. The minimum Gasteiger partial charge on any atom is -0.377 e. The number of anilines is 1. The molecule has 0 radical (unpaired) electrons. The Morgan fingerprint density at radius 1 is 1.17 bits per heavy atom. The van der Waals surface area contributed by atoms with Gasteiger partial charge in [0, 0.05) is 29.9 Å². The molecule has 7 heteroatoms. The summed E-state index contributed by atoms with van der Waals surface area (Å²) in [7, 11) is 0. The quantitative estimate of drug-likeness (QED) is 0.551. The lowest BCUT2D eigenvalue weighted by atomic mass is 9.98. The lowest BCUT2D eigenvalue weighted by Crippen LogP contribution is -2.44. The molecule has 0 bridgehead atoms. The van der Waals surface area contributed by atoms with Crippen molar-refractivity contribution < 1.29 is 9.13 Å². The Bertz CT molecular complexity index is 1210. The number of nitrogens with one attached hydrogen (secondary N) is 1. The molecular formula is C23H22FN5O. The first-order valence-corrected chi connectivity index (χ1v) is 10.0. The lowest BCUT2D eigenvalue weighted by molar-refractivity contribution is 0.0986. The number of morpholine rings is 1. The molecule has 1 fully saturated rings. The van der Waals surface area contributed by atoms with E-state index in [-0.39, 0.29) is 11.9 Å². The Labute approximate surface area is 173 Å². The van der Waals surface area contributed by atoms with E-state index in [0.29, 0.717) is 35.6 Å². The zero-order chi connectivity index (χ0) is 20.7. The predicted octanol–water partition coefficient (Wildman–Crippen LogP) is 4.36. The number of aromatic nitrogens is 4. The van der Waals surface area contributed by atoms with Gasteiger partial charge in [0.15, 0.2) is 0 Å². The molecule has 4 aromatic rings. The lowest BCUT2D eigenvalue weighted by Gasteiger charge is -2.34. The van der Waals surface area contributed by atoms with Gasteiger partial charge in [-0.3, -0.25) is 10.1 Å². The van der Waals surface area contributed by atoms with E-state index in [1.807, 2.05) is 30.3 Å². The maximum atomic E-state index is 15.2. The fraction of sp³-hybridized carbons (Fsp3) is 0.261. The van der Waals surface area contributed by atoms with E-state index in [0.717, 1.165) is 29.0 Å². The predicted molar refractivity (Wildman–Crippen MR) is 115 cm³/mol. The molecule has 0 unspecified atom stereocenters. The van der Waals surface area contributed by atoms with Gasteiger partial charge in [-0.2, -0.15) is 5.10 Å². The van der Waals surface area contributed by atoms with Crippen molar-refractivity contribution in [3.05, 3.63) is 60.2 Å². The van der Waals surface area contributed by atoms with Crippen molar-refractivity contribution in [3.63, 3.8) is 0 Å². The summed E-state index contributed by atoms with van der Waals surface area (Å²) in [6.07, 6.45) is 3.42. The van der Waals surface area contributed by atoms with Crippen molar-refractivity contribution in [3.8, 4) is 22.5 Å². The number of aromatic amines is 1. The summed E-state index contributed by atoms with van der Waals surface area (Å²) in [6, 6.07) is 11.4. The van der Waals surface area contributed by atoms with Crippen LogP contribution in [0, 0.1) is 12.7 Å². The van der Waals surface area contributed by atoms with Gasteiger partial charge in [-0.15, -0.1) is 0 Å². The van der Waals surface area contributed by atoms with Crippen molar-refractivity contribution in [1.29, 1.82) is 0 Å². The number of ether oxygens (including phenoxy) is 1. The molecule has 30 heavy (non-hydrogen) atoms. The summed E-state index contributed by atoms with van der Waals surface area (Å²) in [4.78, 5) is 11.8. The van der Waals surface area contributed by atoms with E-state index in [9.17, 15) is 0 Å². The Morgan fingerprint density at radius 2 is 2.07 bits per heavy atom. The zero-order valence-electron chi connectivity index (χ0n) is 16.9. The number of hydrogen-bond donors (Lipinski definition) is 1. The van der Waals surface area contributed by atoms with Gasteiger partial charge in [0.1, 0.15) is 22.8 Å². The fourth-order valence-electron chi connectivity index (χ4n) is 4.02. The summed E-state index contributed by atoms with van der Waals surface area (Å²) in [5.41, 5.74) is 4.16. The van der Waals surface area contributed by atoms with Gasteiger partial charge >= 0.3 is 0 Å². The molecule has 1 aliphatic heterocycles. The average Bonchev–Trinajstić information content (AvgIpc) is 3.30. The molecule has 0 spiro atoms. The highest BCUT2D eigenvalue weighted by Crippen LogP contribution is 2.37. The van der Waals surface area contributed by atoms with E-state index in [2.05, 4.69) is 27.0 Å². The summed E-state index contributed by atoms with van der Waals surface area (Å²) < 4.78 is 20.8. The largest absolute Gasteiger partial charge is 0.377 e. The third kappa shape index (κ3) is 3.11. The van der Waals surface area contributed by atoms with Crippen LogP contribution < -0.4 is 4.90 Å². The molecule has 6 nitrogen and oxygen atoms in total. The van der Waals surface area contributed by atoms with Crippen LogP contribution in [0.5, 0.6) is 0 Å². The minimum atomic E-state index is -0.217. The van der Waals surface area contributed by atoms with Gasteiger partial charge in [0.05, 0.1) is 24.9 Å². The minimum absolute atomic E-state index is 0.172. The number of nitrogens with zero attached hydrogens (tertiary/aromatic N) is 4. The SMILES string of the molecule is Cc1cccc(-c2cc(N3CCOC[C@H]3C)nc3c(-c4ccn[nH]4)nccc23)c1F. The normalized spacial score (nSPS) is 16.9. The number of fused-ring (bicyclic) bond motifs is 1. The molecule has 0 aliphatic carbocycles. The second kappa shape index (κ2) is 7.50. The molecule has 1 saturated heterocycles. The van der Waals surface area contributed by atoms with E-state index >= 15 is 4.39 Å². The van der Waals surface area contributed by atoms with Crippen LogP contribution in [0.2, 0.25) is 0 Å². The van der Waals surface area contributed by atoms with Crippen LogP contribution in [0.1, 0.15) is 12.5 Å². The number of H-pyrrole nitrogens is 1. The van der Waals surface area contributed by atoms with Crippen LogP contribution in [0.3, 0.4) is 0 Å². The van der Waals surface area contributed by atoms with Crippen molar-refractivity contribution in [2.24, 2.45) is 0 Å². The van der Waals surface area contributed by atoms with Crippen LogP contribution in [-0.2, 0) is 4.74 Å². The van der Waals surface area contributed by atoms with Gasteiger partial charge < -0.3 is 9.64 Å². The number of rotatable bonds is 3. The van der Waals surface area contributed by atoms with E-state index < -0.39 is 0 Å². The van der Waals surface area contributed by atoms with Crippen LogP contribution >= 0.6 is 0 Å². The van der Waals surface area contributed by atoms with Crippen LogP contribution in [0.25, 0.3) is 33.4 Å². The number of hydrogen-bond acceptors (Lipinski definition) is 5. The molecule has 0 saturated carbocycles. The van der Waals surface area contributed by atoms with Crippen molar-refractivity contribution in [2.45, 2.75) is 19.9 Å². The fourth-order valence-corrected chi connectivity index (χ4v) is 4.02. The van der Waals surface area contributed by atoms with Crippen molar-refractivity contribution >= 4 is 16.7 Å². The van der Waals surface area contributed by atoms with Gasteiger partial charge in [-0.1, -0.05) is 18.2 Å². The highest BCUT2D eigenvalue weighted by molar-refractivity contribution is 6.01. The Balaban J connectivity index is 1.81. The summed E-state index contributed by atoms with van der Waals surface area (Å²) in [5, 5.41) is 7.88. The highest BCUT2D eigenvalue weighted by atomic mass is 19.1. The number of pyridine rings is 2. The summed E-state index contributed by atoms with van der Waals surface area (Å²) in [6.45, 7) is 5.89. The molecular weight excluding hydrogens is 381 g/mol. The number of benzene rings is 1. The van der Waals surface area contributed by atoms with Gasteiger partial charge in [0.25, 0.3) is 0 Å². The molecule has 1 aromatic carbocycles. The van der Waals surface area contributed by atoms with Crippen molar-refractivity contribution in [1.82, 2.24) is 20.2 Å². The third-order valence-corrected chi connectivity index (χ3v) is 5.61. The smallest absolute Gasteiger partial charge is 0.133 e. The topological polar surface area (TPSA) is 66.9 Å². The zero-order valence-corrected chi connectivity index (χ0v) is 16.9. The second-order valence-electron chi connectivity index (χ2n) is 7.61. The number of aryl methyl sites for hydroxylation is 1. The van der Waals surface area contributed by atoms with Crippen molar-refractivity contribution in [2.75, 3.05) is 24.7 Å². The second-order valence-corrected chi connectivity index (χ2v) is 7.61. The first-order chi connectivity index (χ1) is 14.6. The molecule has 3 aromatic heterocycles. The maximum absolute atomic E-state index is 15.2. The molecule has 1 atom stereocenters. The van der Waals surface area contributed by atoms with E-state index in [1.165, 1.54) is 0 Å². The summed E-state index contributed by atoms with van der Waals surface area (Å²) >= 11 is 0. The van der Waals surface area contributed by atoms with Gasteiger partial charge in [-0.05, 0) is 43.2 Å². The Kier molecular flexibility index (Phi) is 4.67. The molecule has 4 heterocycles. The Morgan fingerprint density at radius 3 is 2.87 bits per heavy atom. The summed E-state index contributed by atoms with van der Waals surface area (Å²) in [5.74, 6) is 0.578. The maximum Gasteiger partial charge on any atom is 0.133 e. The third-order valence-electron chi connectivity index (χ3n) is 5.61. The van der Waals surface area contributed by atoms with Gasteiger partial charge in [-0.25, -0.2) is 9.37 Å². The van der Waals surface area contributed by atoms with Crippen LogP contribution in [0.15, 0.2) is 48.8 Å². The molecule has 5 rings (SSSR count). The molecule has 0 amide bonds. The van der Waals surface area contributed by atoms with Crippen LogP contribution in [0.4, 0.5) is 10.2 Å². The number of halogens is 1. The first-order valence-electron chi connectivity index (χ1n) is 10.0. The molecule has 1 aliphatic rings. The van der Waals surface area contributed by atoms with E-state index in [1.54, 1.807) is 25.4 Å². The van der Waals surface area contributed by atoms with Crippen LogP contribution in [-0.4, -0.2) is 46.0 Å². The standard InChI is InChI=1S/C23H22FN5O/c1-14-4-3-5-16(21(14)24)18-12-20(29-10-11-30-13-15(29)2)27-22-17(18)6-8-25-23(22)19-7-9-26-28-19/h3-9,12,15H,10-11,13H2,1-2H3,(H,26,28)/t15-/m1/s1. The molecule has 152 valence electrons. The monoisotopic (exact) mass is 403 g/mol. The highest BCUT2D eigenvalue weighted by Gasteiger charge is 2.24. The average molecular weight is 403 g/mol.